The monoisotopic (exact) mass is 189 g/mol. The molecule has 0 radical (unpaired) electrons. The van der Waals surface area contributed by atoms with Crippen molar-refractivity contribution >= 4 is 17.8 Å². The second kappa shape index (κ2) is 5.09. The first-order chi connectivity index (χ1) is 5.97. The Morgan fingerprint density at radius 2 is 1.85 bits per heavy atom. The van der Waals surface area contributed by atoms with Crippen LogP contribution in [0.25, 0.3) is 0 Å². The Hall–Kier alpha value is -1.63. The van der Waals surface area contributed by atoms with Gasteiger partial charge in [0.2, 0.25) is 0 Å². The highest BCUT2D eigenvalue weighted by Crippen LogP contribution is 1.88. The molecule has 74 valence electrons. The molecule has 0 aliphatic rings. The van der Waals surface area contributed by atoms with Crippen LogP contribution in [0.15, 0.2) is 0 Å². The predicted molar refractivity (Wildman–Crippen MR) is 34.3 cm³/mol. The Kier molecular flexibility index (Phi) is 4.45. The van der Waals surface area contributed by atoms with Gasteiger partial charge in [-0.05, 0) is 0 Å². The Morgan fingerprint density at radius 3 is 2.15 bits per heavy atom. The van der Waals surface area contributed by atoms with Crippen LogP contribution in [0.1, 0.15) is 6.42 Å². The summed E-state index contributed by atoms with van der Waals surface area (Å²) in [4.78, 5) is 30.9. The predicted octanol–water partition coefficient (Wildman–Crippen LogP) is -5.40. The third kappa shape index (κ3) is 4.75. The number of quaternary nitrogens is 1. The van der Waals surface area contributed by atoms with Gasteiger partial charge in [0.25, 0.3) is 5.91 Å². The van der Waals surface area contributed by atoms with Gasteiger partial charge in [0.15, 0.2) is 6.54 Å². The molecule has 0 saturated carbocycles. The molecule has 0 aliphatic heterocycles. The molecule has 0 spiro atoms. The number of carboxylic acid groups (broad SMARTS) is 2. The Bertz CT molecular complexity index is 227. The van der Waals surface area contributed by atoms with E-state index < -0.39 is 30.3 Å². The molecule has 0 aromatic rings. The number of amides is 1. The van der Waals surface area contributed by atoms with Crippen LogP contribution in [0.2, 0.25) is 0 Å². The van der Waals surface area contributed by atoms with E-state index >= 15 is 0 Å². The minimum Gasteiger partial charge on any atom is -0.550 e. The summed E-state index contributed by atoms with van der Waals surface area (Å²) >= 11 is 0. The van der Waals surface area contributed by atoms with Crippen LogP contribution < -0.4 is 21.3 Å². The molecule has 0 rings (SSSR count). The molecule has 0 aromatic heterocycles. The lowest BCUT2D eigenvalue weighted by Crippen LogP contribution is -2.60. The maximum atomic E-state index is 10.6. The van der Waals surface area contributed by atoms with Crippen LogP contribution >= 0.6 is 0 Å². The van der Waals surface area contributed by atoms with Crippen LogP contribution in [0.5, 0.6) is 0 Å². The van der Waals surface area contributed by atoms with E-state index in [1.807, 2.05) is 5.32 Å². The van der Waals surface area contributed by atoms with E-state index in [9.17, 15) is 24.6 Å². The zero-order valence-electron chi connectivity index (χ0n) is 6.74. The van der Waals surface area contributed by atoms with E-state index in [2.05, 4.69) is 5.73 Å². The number of rotatable bonds is 5. The van der Waals surface area contributed by atoms with Crippen molar-refractivity contribution in [3.8, 4) is 0 Å². The molecule has 0 heterocycles. The Balaban J connectivity index is 4.18. The fourth-order valence-electron chi connectivity index (χ4n) is 0.626. The molecule has 0 saturated heterocycles. The quantitative estimate of drug-likeness (QED) is 0.444. The van der Waals surface area contributed by atoms with Gasteiger partial charge in [-0.15, -0.1) is 0 Å². The van der Waals surface area contributed by atoms with Gasteiger partial charge in [-0.1, -0.05) is 0 Å². The molecule has 1 atom stereocenters. The number of carbonyl (C=O) groups is 3. The highest BCUT2D eigenvalue weighted by atomic mass is 16.4. The molecule has 7 nitrogen and oxygen atoms in total. The second-order valence-corrected chi connectivity index (χ2v) is 2.27. The molecule has 0 aromatic carbocycles. The molecule has 0 aliphatic carbocycles. The summed E-state index contributed by atoms with van der Waals surface area (Å²) in [7, 11) is 0. The van der Waals surface area contributed by atoms with Crippen LogP contribution in [-0.2, 0) is 14.4 Å². The minimum absolute atomic E-state index is 0.170. The maximum absolute atomic E-state index is 10.6. The number of carbonyl (C=O) groups excluding carboxylic acids is 3. The van der Waals surface area contributed by atoms with E-state index in [0.29, 0.717) is 0 Å². The normalized spacial score (nSPS) is 11.8. The fraction of sp³-hybridized carbons (Fsp3) is 0.500. The van der Waals surface area contributed by atoms with Gasteiger partial charge in [0.1, 0.15) is 0 Å². The Labute approximate surface area is 73.5 Å². The van der Waals surface area contributed by atoms with E-state index in [1.54, 1.807) is 0 Å². The zero-order valence-corrected chi connectivity index (χ0v) is 6.74. The standard InChI is InChI=1S/C6H10N2O5/c7-2-4(9)8-3(6(12)13)1-5(10)11/h3H,1-2,7H2,(H,8,9)(H,10,11)(H,12,13)/p-1/t3-/m0/s1. The van der Waals surface area contributed by atoms with Crippen molar-refractivity contribution in [2.24, 2.45) is 0 Å². The van der Waals surface area contributed by atoms with Crippen LogP contribution in [0, 0.1) is 0 Å². The molecule has 1 amide bonds. The number of carboxylic acids is 2. The van der Waals surface area contributed by atoms with Crippen molar-refractivity contribution in [3.05, 3.63) is 0 Å². The summed E-state index contributed by atoms with van der Waals surface area (Å²) in [6, 6.07) is -1.56. The third-order valence-electron chi connectivity index (χ3n) is 1.22. The molecule has 7 heteroatoms. The molecule has 4 N–H and O–H groups in total. The number of hydrogen-bond donors (Lipinski definition) is 2. The minimum atomic E-state index is -1.66. The van der Waals surface area contributed by atoms with Crippen molar-refractivity contribution in [1.29, 1.82) is 0 Å². The molecular formula is C6H9N2O5-. The van der Waals surface area contributed by atoms with E-state index in [4.69, 9.17) is 0 Å². The van der Waals surface area contributed by atoms with Gasteiger partial charge in [0.05, 0.1) is 12.0 Å². The summed E-state index contributed by atoms with van der Waals surface area (Å²) in [5, 5.41) is 22.2. The molecule has 0 fully saturated rings. The van der Waals surface area contributed by atoms with E-state index in [1.165, 1.54) is 0 Å². The lowest BCUT2D eigenvalue weighted by Gasteiger charge is -2.18. The van der Waals surface area contributed by atoms with Crippen molar-refractivity contribution in [1.82, 2.24) is 5.32 Å². The summed E-state index contributed by atoms with van der Waals surface area (Å²) < 4.78 is 0. The lowest BCUT2D eigenvalue weighted by molar-refractivity contribution is -0.355. The smallest absolute Gasteiger partial charge is 0.275 e. The highest BCUT2D eigenvalue weighted by molar-refractivity contribution is 5.85. The Morgan fingerprint density at radius 1 is 1.31 bits per heavy atom. The lowest BCUT2D eigenvalue weighted by atomic mass is 10.2. The first-order valence-corrected chi connectivity index (χ1v) is 3.46. The number of nitrogens with one attached hydrogen (secondary N) is 1. The zero-order chi connectivity index (χ0) is 10.4. The summed E-state index contributed by atoms with van der Waals surface area (Å²) in [5.41, 5.74) is 3.19. The molecule has 0 bridgehead atoms. The first kappa shape index (κ1) is 11.4. The highest BCUT2D eigenvalue weighted by Gasteiger charge is 2.13. The van der Waals surface area contributed by atoms with Crippen molar-refractivity contribution in [2.75, 3.05) is 6.54 Å². The average Bonchev–Trinajstić information content (AvgIpc) is 2.02. The van der Waals surface area contributed by atoms with Gasteiger partial charge < -0.3 is 30.9 Å². The summed E-state index contributed by atoms with van der Waals surface area (Å²) in [5.74, 6) is -3.89. The van der Waals surface area contributed by atoms with Gasteiger partial charge in [-0.25, -0.2) is 0 Å². The van der Waals surface area contributed by atoms with Crippen molar-refractivity contribution in [3.63, 3.8) is 0 Å². The van der Waals surface area contributed by atoms with Crippen LogP contribution in [-0.4, -0.2) is 30.4 Å². The SMILES string of the molecule is [NH3+]CC(=O)N[C@@H](CC(=O)[O-])C(=O)[O-]. The molecule has 13 heavy (non-hydrogen) atoms. The van der Waals surface area contributed by atoms with E-state index in [-0.39, 0.29) is 6.54 Å². The van der Waals surface area contributed by atoms with Gasteiger partial charge >= 0.3 is 0 Å². The third-order valence-corrected chi connectivity index (χ3v) is 1.22. The van der Waals surface area contributed by atoms with Gasteiger partial charge in [-0.2, -0.15) is 0 Å². The summed E-state index contributed by atoms with van der Waals surface area (Å²) in [6.45, 7) is -0.170. The number of aliphatic carboxylic acids is 2. The number of hydrogen-bond acceptors (Lipinski definition) is 5. The van der Waals surface area contributed by atoms with Crippen molar-refractivity contribution < 1.29 is 30.3 Å². The largest absolute Gasteiger partial charge is 0.550 e. The van der Waals surface area contributed by atoms with Crippen molar-refractivity contribution in [2.45, 2.75) is 12.5 Å². The van der Waals surface area contributed by atoms with Crippen LogP contribution in [0.3, 0.4) is 0 Å². The molecule has 0 unspecified atom stereocenters. The fourth-order valence-corrected chi connectivity index (χ4v) is 0.626. The van der Waals surface area contributed by atoms with E-state index in [0.717, 1.165) is 0 Å². The first-order valence-electron chi connectivity index (χ1n) is 3.46. The topological polar surface area (TPSA) is 137 Å². The average molecular weight is 189 g/mol. The summed E-state index contributed by atoms with van der Waals surface area (Å²) in [6.07, 6.45) is -0.811. The maximum Gasteiger partial charge on any atom is 0.275 e. The van der Waals surface area contributed by atoms with Crippen LogP contribution in [0.4, 0.5) is 0 Å². The molecular weight excluding hydrogens is 180 g/mol. The van der Waals surface area contributed by atoms with Gasteiger partial charge in [0, 0.05) is 12.4 Å². The second-order valence-electron chi connectivity index (χ2n) is 2.27. The van der Waals surface area contributed by atoms with Gasteiger partial charge in [-0.3, -0.25) is 4.79 Å².